The number of likely N-dealkylation sites (tertiary alicyclic amines) is 1. The maximum absolute atomic E-state index is 12.3. The molecule has 0 bridgehead atoms. The molecule has 32 heavy (non-hydrogen) atoms. The number of benzene rings is 2. The van der Waals surface area contributed by atoms with Gasteiger partial charge in [-0.1, -0.05) is 12.1 Å². The van der Waals surface area contributed by atoms with Crippen LogP contribution in [0.3, 0.4) is 0 Å². The predicted octanol–water partition coefficient (Wildman–Crippen LogP) is 3.82. The molecule has 2 aliphatic rings. The highest BCUT2D eigenvalue weighted by molar-refractivity contribution is 6.15. The number of nitrogens with zero attached hydrogens (tertiary/aromatic N) is 3. The zero-order chi connectivity index (χ0) is 22.8. The van der Waals surface area contributed by atoms with Gasteiger partial charge in [-0.25, -0.2) is 0 Å². The Bertz CT molecular complexity index is 1010. The van der Waals surface area contributed by atoms with Crippen molar-refractivity contribution >= 4 is 11.6 Å². The van der Waals surface area contributed by atoms with E-state index in [4.69, 9.17) is 14.5 Å². The molecule has 6 heteroatoms. The smallest absolute Gasteiger partial charge is 0.253 e. The lowest BCUT2D eigenvalue weighted by atomic mass is 9.79. The lowest BCUT2D eigenvalue weighted by Crippen LogP contribution is -2.41. The lowest BCUT2D eigenvalue weighted by molar-refractivity contribution is 0.0827. The Balaban J connectivity index is 1.81. The molecule has 0 saturated carbocycles. The van der Waals surface area contributed by atoms with Gasteiger partial charge in [0.25, 0.3) is 5.91 Å². The topological polar surface area (TPSA) is 54.4 Å². The van der Waals surface area contributed by atoms with E-state index in [0.717, 1.165) is 47.8 Å². The summed E-state index contributed by atoms with van der Waals surface area (Å²) in [7, 11) is 5.71. The van der Waals surface area contributed by atoms with Gasteiger partial charge in [0, 0.05) is 43.2 Å². The summed E-state index contributed by atoms with van der Waals surface area (Å²) in [4.78, 5) is 21.5. The molecule has 1 fully saturated rings. The van der Waals surface area contributed by atoms with Gasteiger partial charge in [-0.3, -0.25) is 9.79 Å². The fourth-order valence-electron chi connectivity index (χ4n) is 4.68. The molecule has 170 valence electrons. The second-order valence-corrected chi connectivity index (χ2v) is 8.73. The van der Waals surface area contributed by atoms with E-state index in [1.807, 2.05) is 38.1 Å². The fraction of sp³-hybridized carbons (Fsp3) is 0.462. The molecule has 2 heterocycles. The van der Waals surface area contributed by atoms with Crippen molar-refractivity contribution in [2.45, 2.75) is 32.2 Å². The third kappa shape index (κ3) is 4.24. The van der Waals surface area contributed by atoms with Crippen molar-refractivity contribution in [2.24, 2.45) is 4.99 Å². The van der Waals surface area contributed by atoms with Gasteiger partial charge in [-0.2, -0.15) is 0 Å². The molecule has 0 spiro atoms. The Hall–Kier alpha value is -2.86. The normalized spacial score (nSPS) is 20.1. The third-order valence-electron chi connectivity index (χ3n) is 6.26. The van der Waals surface area contributed by atoms with Gasteiger partial charge >= 0.3 is 0 Å². The Labute approximate surface area is 190 Å². The van der Waals surface area contributed by atoms with Gasteiger partial charge in [0.1, 0.15) is 0 Å². The van der Waals surface area contributed by atoms with Gasteiger partial charge in [0.15, 0.2) is 11.5 Å². The molecule has 0 aromatic heterocycles. The highest BCUT2D eigenvalue weighted by Crippen LogP contribution is 2.42. The first-order valence-electron chi connectivity index (χ1n) is 11.4. The standard InChI is InChI=1S/C26H33N3O3/c1-6-31-23-14-19-20(15-24(23)32-7-2)25(27-22-12-13-29(5)16-21(19)22)17-8-10-18(11-9-17)26(30)28(3)4/h8-11,14-15,21-22H,6-7,12-13,16H2,1-5H3/t21-,22-/m0/s1. The quantitative estimate of drug-likeness (QED) is 0.692. The van der Waals surface area contributed by atoms with Crippen molar-refractivity contribution in [1.82, 2.24) is 9.80 Å². The number of hydrogen-bond donors (Lipinski definition) is 0. The van der Waals surface area contributed by atoms with Crippen LogP contribution in [0, 0.1) is 0 Å². The molecular formula is C26H33N3O3. The summed E-state index contributed by atoms with van der Waals surface area (Å²) in [5.74, 6) is 1.88. The molecule has 1 amide bonds. The average molecular weight is 436 g/mol. The summed E-state index contributed by atoms with van der Waals surface area (Å²) in [5.41, 5.74) is 5.03. The zero-order valence-corrected chi connectivity index (χ0v) is 19.7. The van der Waals surface area contributed by atoms with E-state index in [1.165, 1.54) is 5.56 Å². The van der Waals surface area contributed by atoms with Crippen molar-refractivity contribution in [2.75, 3.05) is 47.4 Å². The van der Waals surface area contributed by atoms with Crippen molar-refractivity contribution in [3.63, 3.8) is 0 Å². The van der Waals surface area contributed by atoms with Crippen molar-refractivity contribution in [3.05, 3.63) is 58.7 Å². The van der Waals surface area contributed by atoms with Gasteiger partial charge < -0.3 is 19.3 Å². The number of aliphatic imine (C=N–C) groups is 1. The summed E-state index contributed by atoms with van der Waals surface area (Å²) < 4.78 is 11.9. The summed E-state index contributed by atoms with van der Waals surface area (Å²) >= 11 is 0. The van der Waals surface area contributed by atoms with Crippen LogP contribution in [0.5, 0.6) is 11.5 Å². The van der Waals surface area contributed by atoms with Crippen LogP contribution in [0.15, 0.2) is 41.4 Å². The highest BCUT2D eigenvalue weighted by atomic mass is 16.5. The van der Waals surface area contributed by atoms with Crippen LogP contribution in [0.4, 0.5) is 0 Å². The largest absolute Gasteiger partial charge is 0.490 e. The Morgan fingerprint density at radius 1 is 1.09 bits per heavy atom. The molecule has 4 rings (SSSR count). The minimum absolute atomic E-state index is 0.00194. The second kappa shape index (κ2) is 9.33. The summed E-state index contributed by atoms with van der Waals surface area (Å²) in [6, 6.07) is 12.3. The van der Waals surface area contributed by atoms with Gasteiger partial charge in [0.2, 0.25) is 0 Å². The van der Waals surface area contributed by atoms with Crippen molar-refractivity contribution in [3.8, 4) is 11.5 Å². The molecule has 0 unspecified atom stereocenters. The number of ether oxygens (including phenoxy) is 2. The fourth-order valence-corrected chi connectivity index (χ4v) is 4.68. The number of carbonyl (C=O) groups is 1. The van der Waals surface area contributed by atoms with Crippen LogP contribution in [0.1, 0.15) is 53.2 Å². The number of fused-ring (bicyclic) bond motifs is 3. The van der Waals surface area contributed by atoms with Gasteiger partial charge in [-0.15, -0.1) is 0 Å². The molecule has 2 aliphatic heterocycles. The lowest BCUT2D eigenvalue weighted by Gasteiger charge is -2.39. The number of amides is 1. The van der Waals surface area contributed by atoms with Crippen LogP contribution in [0.25, 0.3) is 0 Å². The van der Waals surface area contributed by atoms with Gasteiger partial charge in [-0.05, 0) is 63.7 Å². The van der Waals surface area contributed by atoms with Crippen molar-refractivity contribution in [1.29, 1.82) is 0 Å². The van der Waals surface area contributed by atoms with Crippen LogP contribution >= 0.6 is 0 Å². The number of likely N-dealkylation sites (N-methyl/N-ethyl adjacent to an activating group) is 1. The minimum atomic E-state index is -0.00194. The molecule has 2 atom stereocenters. The third-order valence-corrected chi connectivity index (χ3v) is 6.26. The van der Waals surface area contributed by atoms with E-state index in [-0.39, 0.29) is 11.9 Å². The Morgan fingerprint density at radius 2 is 1.75 bits per heavy atom. The number of rotatable bonds is 6. The van der Waals surface area contributed by atoms with Crippen LogP contribution in [-0.2, 0) is 0 Å². The van der Waals surface area contributed by atoms with Crippen LogP contribution in [-0.4, -0.2) is 74.9 Å². The molecule has 0 aliphatic carbocycles. The Morgan fingerprint density at radius 3 is 2.38 bits per heavy atom. The van der Waals surface area contributed by atoms with Crippen molar-refractivity contribution < 1.29 is 14.3 Å². The molecule has 1 saturated heterocycles. The van der Waals surface area contributed by atoms with E-state index in [2.05, 4.69) is 24.1 Å². The van der Waals surface area contributed by atoms with Crippen LogP contribution in [0.2, 0.25) is 0 Å². The van der Waals surface area contributed by atoms with E-state index < -0.39 is 0 Å². The Kier molecular flexibility index (Phi) is 6.51. The number of piperidine rings is 1. The zero-order valence-electron chi connectivity index (χ0n) is 19.7. The molecular weight excluding hydrogens is 402 g/mol. The summed E-state index contributed by atoms with van der Waals surface area (Å²) in [6.45, 7) is 7.16. The van der Waals surface area contributed by atoms with E-state index >= 15 is 0 Å². The highest BCUT2D eigenvalue weighted by Gasteiger charge is 2.36. The molecule has 2 aromatic carbocycles. The number of carbonyl (C=O) groups excluding carboxylic acids is 1. The first kappa shape index (κ1) is 22.3. The number of hydrogen-bond acceptors (Lipinski definition) is 5. The van der Waals surface area contributed by atoms with Crippen LogP contribution < -0.4 is 9.47 Å². The second-order valence-electron chi connectivity index (χ2n) is 8.73. The minimum Gasteiger partial charge on any atom is -0.490 e. The molecule has 2 aromatic rings. The van der Waals surface area contributed by atoms with E-state index in [0.29, 0.717) is 24.7 Å². The van der Waals surface area contributed by atoms with E-state index in [1.54, 1.807) is 19.0 Å². The monoisotopic (exact) mass is 435 g/mol. The average Bonchev–Trinajstić information content (AvgIpc) is 2.79. The summed E-state index contributed by atoms with van der Waals surface area (Å²) in [5, 5.41) is 0. The first-order valence-corrected chi connectivity index (χ1v) is 11.4. The van der Waals surface area contributed by atoms with Gasteiger partial charge in [0.05, 0.1) is 25.0 Å². The molecule has 0 N–H and O–H groups in total. The molecule has 6 nitrogen and oxygen atoms in total. The SMILES string of the molecule is CCOc1cc2c(cc1OCC)[C@@H]1CN(C)CC[C@@H]1N=C2c1ccc(C(=O)N(C)C)cc1. The molecule has 0 radical (unpaired) electrons. The maximum Gasteiger partial charge on any atom is 0.253 e. The van der Waals surface area contributed by atoms with E-state index in [9.17, 15) is 4.79 Å². The first-order chi connectivity index (χ1) is 15.4. The predicted molar refractivity (Wildman–Crippen MR) is 128 cm³/mol. The maximum atomic E-state index is 12.3. The summed E-state index contributed by atoms with van der Waals surface area (Å²) in [6.07, 6.45) is 1.03.